The molecule has 0 radical (unpaired) electrons. The standard InChI is InChI=1S/C16H17NO2/c1-9-3-2-4-12(7-9)17-15(18)13-10-5-6-11(8-10)14(13)16(17)19/h2-4,7,10-11,13-14H,5-6,8H2,1H3/t10-,11-,13-,14-/m0/s1. The Morgan fingerprint density at radius 1 is 1.05 bits per heavy atom. The molecular formula is C16H17NO2. The van der Waals surface area contributed by atoms with Gasteiger partial charge in [-0.1, -0.05) is 12.1 Å². The summed E-state index contributed by atoms with van der Waals surface area (Å²) in [5.41, 5.74) is 1.84. The van der Waals surface area contributed by atoms with Gasteiger partial charge in [-0.2, -0.15) is 0 Å². The predicted octanol–water partition coefficient (Wildman–Crippen LogP) is 2.53. The third-order valence-electron chi connectivity index (χ3n) is 5.19. The van der Waals surface area contributed by atoms with E-state index in [-0.39, 0.29) is 23.7 Å². The second-order valence-electron chi connectivity index (χ2n) is 6.24. The molecule has 0 N–H and O–H groups in total. The first-order valence-corrected chi connectivity index (χ1v) is 7.11. The number of carbonyl (C=O) groups is 2. The van der Waals surface area contributed by atoms with Gasteiger partial charge in [0, 0.05) is 0 Å². The molecule has 1 saturated heterocycles. The van der Waals surface area contributed by atoms with E-state index in [1.807, 2.05) is 31.2 Å². The van der Waals surface area contributed by atoms with Crippen molar-refractivity contribution in [2.45, 2.75) is 26.2 Å². The Hall–Kier alpha value is -1.64. The molecule has 4 atom stereocenters. The van der Waals surface area contributed by atoms with Crippen LogP contribution in [-0.2, 0) is 9.59 Å². The van der Waals surface area contributed by atoms with Crippen molar-refractivity contribution >= 4 is 17.5 Å². The van der Waals surface area contributed by atoms with E-state index >= 15 is 0 Å². The molecule has 3 aliphatic rings. The van der Waals surface area contributed by atoms with Crippen molar-refractivity contribution in [3.63, 3.8) is 0 Å². The number of aryl methyl sites for hydroxylation is 1. The van der Waals surface area contributed by atoms with Gasteiger partial charge in [0.2, 0.25) is 11.8 Å². The molecule has 2 aliphatic carbocycles. The normalized spacial score (nSPS) is 36.2. The molecule has 1 aromatic rings. The van der Waals surface area contributed by atoms with E-state index in [0.717, 1.165) is 30.5 Å². The Morgan fingerprint density at radius 3 is 2.26 bits per heavy atom. The summed E-state index contributed by atoms with van der Waals surface area (Å²) in [6, 6.07) is 7.69. The first-order valence-electron chi connectivity index (χ1n) is 7.11. The number of rotatable bonds is 1. The van der Waals surface area contributed by atoms with Crippen LogP contribution in [0.3, 0.4) is 0 Å². The number of benzene rings is 1. The maximum atomic E-state index is 12.6. The van der Waals surface area contributed by atoms with E-state index in [1.54, 1.807) is 0 Å². The molecule has 19 heavy (non-hydrogen) atoms. The van der Waals surface area contributed by atoms with E-state index in [0.29, 0.717) is 11.8 Å². The molecule has 2 bridgehead atoms. The highest BCUT2D eigenvalue weighted by Crippen LogP contribution is 2.56. The van der Waals surface area contributed by atoms with Gasteiger partial charge in [0.1, 0.15) is 0 Å². The zero-order valence-corrected chi connectivity index (χ0v) is 11.0. The molecule has 0 aromatic heterocycles. The van der Waals surface area contributed by atoms with Gasteiger partial charge in [-0.25, -0.2) is 0 Å². The van der Waals surface area contributed by atoms with E-state index < -0.39 is 0 Å². The average Bonchev–Trinajstić information content (AvgIpc) is 3.04. The minimum Gasteiger partial charge on any atom is -0.274 e. The highest BCUT2D eigenvalue weighted by Gasteiger charge is 2.61. The lowest BCUT2D eigenvalue weighted by Crippen LogP contribution is -2.32. The third kappa shape index (κ3) is 1.38. The molecule has 1 aliphatic heterocycles. The van der Waals surface area contributed by atoms with Gasteiger partial charge in [-0.3, -0.25) is 14.5 Å². The number of nitrogens with zero attached hydrogens (tertiary/aromatic N) is 1. The number of fused-ring (bicyclic) bond motifs is 5. The van der Waals surface area contributed by atoms with Crippen molar-refractivity contribution in [3.8, 4) is 0 Å². The molecule has 2 amide bonds. The van der Waals surface area contributed by atoms with Crippen LogP contribution < -0.4 is 4.90 Å². The van der Waals surface area contributed by atoms with Gasteiger partial charge in [0.15, 0.2) is 0 Å². The van der Waals surface area contributed by atoms with Crippen LogP contribution in [0.5, 0.6) is 0 Å². The topological polar surface area (TPSA) is 37.4 Å². The van der Waals surface area contributed by atoms with Gasteiger partial charge < -0.3 is 0 Å². The number of imide groups is 1. The largest absolute Gasteiger partial charge is 0.274 e. The number of hydrogen-bond donors (Lipinski definition) is 0. The summed E-state index contributed by atoms with van der Waals surface area (Å²) in [4.78, 5) is 26.7. The lowest BCUT2D eigenvalue weighted by atomic mass is 9.81. The minimum atomic E-state index is -0.0215. The highest BCUT2D eigenvalue weighted by molar-refractivity contribution is 6.22. The van der Waals surface area contributed by atoms with Crippen LogP contribution in [0.1, 0.15) is 24.8 Å². The Balaban J connectivity index is 1.75. The summed E-state index contributed by atoms with van der Waals surface area (Å²) in [5, 5.41) is 0. The summed E-state index contributed by atoms with van der Waals surface area (Å²) in [5.74, 6) is 0.974. The zero-order chi connectivity index (χ0) is 13.1. The van der Waals surface area contributed by atoms with Crippen LogP contribution in [0.2, 0.25) is 0 Å². The maximum absolute atomic E-state index is 12.6. The van der Waals surface area contributed by atoms with Gasteiger partial charge in [-0.15, -0.1) is 0 Å². The lowest BCUT2D eigenvalue weighted by Gasteiger charge is -2.19. The summed E-state index contributed by atoms with van der Waals surface area (Å²) < 4.78 is 0. The van der Waals surface area contributed by atoms with Crippen molar-refractivity contribution in [1.82, 2.24) is 0 Å². The summed E-state index contributed by atoms with van der Waals surface area (Å²) >= 11 is 0. The average molecular weight is 255 g/mol. The van der Waals surface area contributed by atoms with Gasteiger partial charge >= 0.3 is 0 Å². The number of anilines is 1. The zero-order valence-electron chi connectivity index (χ0n) is 11.0. The van der Waals surface area contributed by atoms with Crippen LogP contribution in [0, 0.1) is 30.6 Å². The molecule has 1 aromatic carbocycles. The molecule has 98 valence electrons. The lowest BCUT2D eigenvalue weighted by molar-refractivity contribution is -0.123. The number of hydrogen-bond acceptors (Lipinski definition) is 2. The molecule has 3 heteroatoms. The highest BCUT2D eigenvalue weighted by atomic mass is 16.2. The second kappa shape index (κ2) is 3.69. The Labute approximate surface area is 112 Å². The maximum Gasteiger partial charge on any atom is 0.237 e. The predicted molar refractivity (Wildman–Crippen MR) is 71.5 cm³/mol. The fraction of sp³-hybridized carbons (Fsp3) is 0.500. The molecule has 3 nitrogen and oxygen atoms in total. The van der Waals surface area contributed by atoms with Crippen LogP contribution in [0.25, 0.3) is 0 Å². The fourth-order valence-electron chi connectivity index (χ4n) is 4.43. The molecule has 3 fully saturated rings. The van der Waals surface area contributed by atoms with Crippen LogP contribution >= 0.6 is 0 Å². The smallest absolute Gasteiger partial charge is 0.237 e. The number of carbonyl (C=O) groups excluding carboxylic acids is 2. The van der Waals surface area contributed by atoms with Crippen molar-refractivity contribution in [1.29, 1.82) is 0 Å². The molecule has 0 spiro atoms. The summed E-state index contributed by atoms with van der Waals surface area (Å²) in [6.45, 7) is 1.99. The van der Waals surface area contributed by atoms with Crippen LogP contribution in [0.15, 0.2) is 24.3 Å². The molecular weight excluding hydrogens is 238 g/mol. The minimum absolute atomic E-state index is 0.0215. The third-order valence-corrected chi connectivity index (χ3v) is 5.19. The quantitative estimate of drug-likeness (QED) is 0.723. The van der Waals surface area contributed by atoms with Crippen LogP contribution in [0.4, 0.5) is 5.69 Å². The van der Waals surface area contributed by atoms with E-state index in [2.05, 4.69) is 0 Å². The Morgan fingerprint density at radius 2 is 1.68 bits per heavy atom. The Bertz CT molecular complexity index is 552. The second-order valence-corrected chi connectivity index (χ2v) is 6.24. The van der Waals surface area contributed by atoms with Gasteiger partial charge in [0.05, 0.1) is 17.5 Å². The SMILES string of the molecule is Cc1cccc(N2C(=O)[C@H]3[C@H]4CC[C@@H](C4)[C@@H]3C2=O)c1. The van der Waals surface area contributed by atoms with Crippen molar-refractivity contribution in [2.75, 3.05) is 4.90 Å². The number of amides is 2. The molecule has 4 rings (SSSR count). The molecule has 0 unspecified atom stereocenters. The Kier molecular flexibility index (Phi) is 2.17. The van der Waals surface area contributed by atoms with Crippen molar-refractivity contribution in [2.24, 2.45) is 23.7 Å². The molecule has 2 saturated carbocycles. The molecule has 1 heterocycles. The van der Waals surface area contributed by atoms with Gasteiger partial charge in [-0.05, 0) is 55.7 Å². The first-order chi connectivity index (χ1) is 9.16. The van der Waals surface area contributed by atoms with Crippen molar-refractivity contribution < 1.29 is 9.59 Å². The first kappa shape index (κ1) is 11.2. The monoisotopic (exact) mass is 255 g/mol. The van der Waals surface area contributed by atoms with E-state index in [1.165, 1.54) is 4.90 Å². The van der Waals surface area contributed by atoms with Crippen LogP contribution in [-0.4, -0.2) is 11.8 Å². The van der Waals surface area contributed by atoms with E-state index in [4.69, 9.17) is 0 Å². The summed E-state index contributed by atoms with van der Waals surface area (Å²) in [6.07, 6.45) is 3.35. The fourth-order valence-corrected chi connectivity index (χ4v) is 4.43. The van der Waals surface area contributed by atoms with Crippen molar-refractivity contribution in [3.05, 3.63) is 29.8 Å². The van der Waals surface area contributed by atoms with Gasteiger partial charge in [0.25, 0.3) is 0 Å². The van der Waals surface area contributed by atoms with E-state index in [9.17, 15) is 9.59 Å². The summed E-state index contributed by atoms with van der Waals surface area (Å²) in [7, 11) is 0.